The predicted molar refractivity (Wildman–Crippen MR) is 124 cm³/mol. The molecule has 2 aromatic carbocycles. The van der Waals surface area contributed by atoms with Gasteiger partial charge in [0, 0.05) is 17.4 Å². The molecule has 1 heterocycles. The van der Waals surface area contributed by atoms with Crippen LogP contribution in [0.1, 0.15) is 0 Å². The molecule has 0 fully saturated rings. The van der Waals surface area contributed by atoms with Crippen LogP contribution in [0.15, 0.2) is 59.5 Å². The highest BCUT2D eigenvalue weighted by Crippen LogP contribution is 2.29. The summed E-state index contributed by atoms with van der Waals surface area (Å²) in [7, 11) is -0.733. The van der Waals surface area contributed by atoms with Gasteiger partial charge >= 0.3 is 0 Å². The molecule has 0 saturated carbocycles. The number of hydrogen-bond acceptors (Lipinski definition) is 7. The number of rotatable bonds is 7. The minimum Gasteiger partial charge on any atom is -0.493 e. The zero-order valence-electron chi connectivity index (χ0n) is 16.4. The monoisotopic (exact) mass is 479 g/mol. The number of ether oxygens (including phenoxy) is 2. The van der Waals surface area contributed by atoms with Gasteiger partial charge in [-0.15, -0.1) is 10.2 Å². The van der Waals surface area contributed by atoms with Crippen LogP contribution < -0.4 is 24.8 Å². The van der Waals surface area contributed by atoms with Gasteiger partial charge in [0.15, 0.2) is 27.6 Å². The van der Waals surface area contributed by atoms with Gasteiger partial charge in [0.25, 0.3) is 10.0 Å². The molecule has 0 aliphatic carbocycles. The fraction of sp³-hybridized carbons (Fsp3) is 0.105. The van der Waals surface area contributed by atoms with Crippen LogP contribution in [0, 0.1) is 0 Å². The third kappa shape index (κ3) is 5.94. The van der Waals surface area contributed by atoms with E-state index in [0.29, 0.717) is 28.0 Å². The molecule has 0 atom stereocenters. The van der Waals surface area contributed by atoms with Gasteiger partial charge in [-0.2, -0.15) is 0 Å². The molecule has 0 aliphatic rings. The van der Waals surface area contributed by atoms with Crippen molar-refractivity contribution in [1.82, 2.24) is 10.2 Å². The number of benzene rings is 2. The summed E-state index contributed by atoms with van der Waals surface area (Å²) < 4.78 is 37.8. The summed E-state index contributed by atoms with van der Waals surface area (Å²) >= 11 is 11.0. The number of anilines is 3. The maximum Gasteiger partial charge on any atom is 0.263 e. The first-order valence-electron chi connectivity index (χ1n) is 8.73. The van der Waals surface area contributed by atoms with Crippen LogP contribution in [-0.2, 0) is 10.0 Å². The molecular formula is C19H18ClN5O4S2. The van der Waals surface area contributed by atoms with Gasteiger partial charge < -0.3 is 20.1 Å². The quantitative estimate of drug-likeness (QED) is 0.435. The van der Waals surface area contributed by atoms with E-state index >= 15 is 0 Å². The van der Waals surface area contributed by atoms with Crippen molar-refractivity contribution in [1.29, 1.82) is 0 Å². The molecule has 9 nitrogen and oxygen atoms in total. The maximum absolute atomic E-state index is 12.5. The second-order valence-corrected chi connectivity index (χ2v) is 8.50. The number of thiocarbonyl (C=S) groups is 1. The Balaban J connectivity index is 1.64. The van der Waals surface area contributed by atoms with Gasteiger partial charge in [-0.3, -0.25) is 4.72 Å². The van der Waals surface area contributed by atoms with E-state index in [-0.39, 0.29) is 15.9 Å². The minimum atomic E-state index is -3.83. The lowest BCUT2D eigenvalue weighted by Crippen LogP contribution is -2.19. The number of hydrogen-bond donors (Lipinski definition) is 3. The lowest BCUT2D eigenvalue weighted by Gasteiger charge is -2.13. The van der Waals surface area contributed by atoms with Crippen LogP contribution in [0.3, 0.4) is 0 Å². The van der Waals surface area contributed by atoms with Crippen molar-refractivity contribution in [2.75, 3.05) is 29.6 Å². The number of halogens is 1. The van der Waals surface area contributed by atoms with E-state index in [2.05, 4.69) is 25.6 Å². The number of nitrogens with one attached hydrogen (secondary N) is 3. The van der Waals surface area contributed by atoms with Crippen molar-refractivity contribution in [2.45, 2.75) is 4.90 Å². The third-order valence-corrected chi connectivity index (χ3v) is 5.71. The molecule has 0 bridgehead atoms. The molecule has 31 heavy (non-hydrogen) atoms. The van der Waals surface area contributed by atoms with Crippen LogP contribution >= 0.6 is 23.8 Å². The molecule has 0 unspecified atom stereocenters. The first-order chi connectivity index (χ1) is 14.8. The van der Waals surface area contributed by atoms with Gasteiger partial charge in [0.1, 0.15) is 0 Å². The van der Waals surface area contributed by atoms with Crippen molar-refractivity contribution in [3.8, 4) is 11.5 Å². The van der Waals surface area contributed by atoms with Crippen molar-refractivity contribution in [2.24, 2.45) is 0 Å². The van der Waals surface area contributed by atoms with Crippen molar-refractivity contribution in [3.05, 3.63) is 59.8 Å². The average Bonchev–Trinajstić information content (AvgIpc) is 2.75. The van der Waals surface area contributed by atoms with Crippen LogP contribution in [0.5, 0.6) is 11.5 Å². The summed E-state index contributed by atoms with van der Waals surface area (Å²) in [4.78, 5) is 0.0496. The normalized spacial score (nSPS) is 10.8. The molecule has 0 radical (unpaired) electrons. The van der Waals surface area contributed by atoms with E-state index in [4.69, 9.17) is 33.3 Å². The van der Waals surface area contributed by atoms with Crippen LogP contribution in [0.2, 0.25) is 5.15 Å². The number of nitrogens with zero attached hydrogens (tertiary/aromatic N) is 2. The third-order valence-electron chi connectivity index (χ3n) is 3.93. The molecule has 0 aliphatic heterocycles. The SMILES string of the molecule is COc1ccc(NC(=S)Nc2ccc(S(=O)(=O)Nc3ccc(Cl)nn3)cc2)cc1OC. The summed E-state index contributed by atoms with van der Waals surface area (Å²) in [6.07, 6.45) is 0. The van der Waals surface area contributed by atoms with Crippen LogP contribution in [0.4, 0.5) is 17.2 Å². The fourth-order valence-corrected chi connectivity index (χ4v) is 3.82. The highest BCUT2D eigenvalue weighted by Gasteiger charge is 2.15. The highest BCUT2D eigenvalue weighted by atomic mass is 35.5. The maximum atomic E-state index is 12.5. The van der Waals surface area contributed by atoms with Gasteiger partial charge in [0.05, 0.1) is 19.1 Å². The Kier molecular flexibility index (Phi) is 7.10. The first-order valence-corrected chi connectivity index (χ1v) is 11.0. The predicted octanol–water partition coefficient (Wildman–Crippen LogP) is 3.76. The van der Waals surface area contributed by atoms with Gasteiger partial charge in [0.2, 0.25) is 0 Å². The molecule has 162 valence electrons. The Morgan fingerprint density at radius 2 is 1.55 bits per heavy atom. The molecule has 0 saturated heterocycles. The Bertz CT molecular complexity index is 1170. The number of aromatic nitrogens is 2. The van der Waals surface area contributed by atoms with E-state index in [1.54, 1.807) is 44.6 Å². The van der Waals surface area contributed by atoms with Crippen LogP contribution in [-0.4, -0.2) is 37.9 Å². The summed E-state index contributed by atoms with van der Waals surface area (Å²) in [5.41, 5.74) is 1.30. The fourth-order valence-electron chi connectivity index (χ4n) is 2.49. The van der Waals surface area contributed by atoms with Gasteiger partial charge in [-0.25, -0.2) is 8.42 Å². The average molecular weight is 480 g/mol. The standard InChI is InChI=1S/C19H18ClN5O4S2/c1-28-15-8-5-13(11-16(15)29-2)22-19(30)21-12-3-6-14(7-4-12)31(26,27)25-18-10-9-17(20)23-24-18/h3-11H,1-2H3,(H,24,25)(H2,21,22,30). The van der Waals surface area contributed by atoms with Crippen LogP contribution in [0.25, 0.3) is 0 Å². The smallest absolute Gasteiger partial charge is 0.263 e. The van der Waals surface area contributed by atoms with Crippen molar-refractivity contribution < 1.29 is 17.9 Å². The Morgan fingerprint density at radius 3 is 2.16 bits per heavy atom. The molecule has 3 rings (SSSR count). The topological polar surface area (TPSA) is 114 Å². The van der Waals surface area contributed by atoms with Gasteiger partial charge in [-0.05, 0) is 60.7 Å². The Labute approximate surface area is 189 Å². The van der Waals surface area contributed by atoms with E-state index in [9.17, 15) is 8.42 Å². The largest absolute Gasteiger partial charge is 0.493 e. The zero-order valence-corrected chi connectivity index (χ0v) is 18.8. The van der Waals surface area contributed by atoms with Crippen molar-refractivity contribution in [3.63, 3.8) is 0 Å². The minimum absolute atomic E-state index is 0.0496. The Hall–Kier alpha value is -3.15. The lowest BCUT2D eigenvalue weighted by atomic mass is 10.2. The highest BCUT2D eigenvalue weighted by molar-refractivity contribution is 7.92. The van der Waals surface area contributed by atoms with E-state index < -0.39 is 10.0 Å². The first kappa shape index (κ1) is 22.5. The molecule has 3 N–H and O–H groups in total. The molecule has 3 aromatic rings. The summed E-state index contributed by atoms with van der Waals surface area (Å²) in [5, 5.41) is 13.8. The molecular weight excluding hydrogens is 462 g/mol. The summed E-state index contributed by atoms with van der Waals surface area (Å²) in [6.45, 7) is 0. The number of sulfonamides is 1. The molecule has 0 amide bonds. The van der Waals surface area contributed by atoms with E-state index in [1.807, 2.05) is 0 Å². The molecule has 0 spiro atoms. The van der Waals surface area contributed by atoms with E-state index in [1.165, 1.54) is 24.3 Å². The number of methoxy groups -OCH3 is 2. The summed E-state index contributed by atoms with van der Waals surface area (Å²) in [6, 6.07) is 14.2. The molecule has 12 heteroatoms. The second-order valence-electron chi connectivity index (χ2n) is 6.02. The second kappa shape index (κ2) is 9.77. The zero-order chi connectivity index (χ0) is 22.4. The molecule has 1 aromatic heterocycles. The van der Waals surface area contributed by atoms with E-state index in [0.717, 1.165) is 0 Å². The van der Waals surface area contributed by atoms with Crippen molar-refractivity contribution >= 4 is 56.1 Å². The Morgan fingerprint density at radius 1 is 0.903 bits per heavy atom. The summed E-state index contributed by atoms with van der Waals surface area (Å²) in [5.74, 6) is 1.22. The lowest BCUT2D eigenvalue weighted by molar-refractivity contribution is 0.355. The van der Waals surface area contributed by atoms with Gasteiger partial charge in [-0.1, -0.05) is 11.6 Å².